The van der Waals surface area contributed by atoms with Gasteiger partial charge in [-0.05, 0) is 49.7 Å². The van der Waals surface area contributed by atoms with Gasteiger partial charge >= 0.3 is 6.09 Å². The first-order valence-electron chi connectivity index (χ1n) is 8.38. The molecule has 0 bridgehead atoms. The van der Waals surface area contributed by atoms with Crippen molar-refractivity contribution in [2.24, 2.45) is 0 Å². The van der Waals surface area contributed by atoms with Crippen LogP contribution in [0.5, 0.6) is 5.75 Å². The number of hydrogen-bond donors (Lipinski definition) is 1. The Hall–Kier alpha value is -2.70. The topological polar surface area (TPSA) is 73.6 Å². The molecule has 2 aromatic carbocycles. The average Bonchev–Trinajstić information content (AvgIpc) is 3.02. The minimum atomic E-state index is -0.530. The molecule has 6 nitrogen and oxygen atoms in total. The van der Waals surface area contributed by atoms with Crippen LogP contribution in [0, 0.1) is 13.8 Å². The number of nitrogens with zero attached hydrogens (tertiary/aromatic N) is 1. The van der Waals surface area contributed by atoms with E-state index in [1.807, 2.05) is 13.0 Å². The number of ether oxygens (including phenoxy) is 2. The molecule has 3 rings (SSSR count). The lowest BCUT2D eigenvalue weighted by molar-refractivity contribution is 0.187. The molecule has 0 spiro atoms. The summed E-state index contributed by atoms with van der Waals surface area (Å²) in [4.78, 5) is 11.4. The summed E-state index contributed by atoms with van der Waals surface area (Å²) in [5, 5.41) is 7.71. The van der Waals surface area contributed by atoms with Crippen LogP contribution in [-0.2, 0) is 11.3 Å². The Balaban J connectivity index is 1.82. The molecule has 3 aromatic rings. The van der Waals surface area contributed by atoms with Gasteiger partial charge in [-0.15, -0.1) is 0 Å². The quantitative estimate of drug-likeness (QED) is 0.545. The molecule has 146 valence electrons. The molecule has 0 aliphatic rings. The summed E-state index contributed by atoms with van der Waals surface area (Å²) in [5.41, 5.74) is 3.39. The fourth-order valence-electron chi connectivity index (χ4n) is 2.66. The Morgan fingerprint density at radius 3 is 2.54 bits per heavy atom. The van der Waals surface area contributed by atoms with Crippen molar-refractivity contribution in [1.82, 2.24) is 5.16 Å². The van der Waals surface area contributed by atoms with Gasteiger partial charge in [0.25, 0.3) is 0 Å². The van der Waals surface area contributed by atoms with Crippen LogP contribution in [0.25, 0.3) is 11.3 Å². The summed E-state index contributed by atoms with van der Waals surface area (Å²) < 4.78 is 15.9. The maximum Gasteiger partial charge on any atom is 0.411 e. The normalized spacial score (nSPS) is 10.6. The Morgan fingerprint density at radius 1 is 1.18 bits per heavy atom. The van der Waals surface area contributed by atoms with E-state index in [1.54, 1.807) is 37.3 Å². The molecule has 1 aromatic heterocycles. The molecule has 0 saturated carbocycles. The van der Waals surface area contributed by atoms with E-state index in [4.69, 9.17) is 32.5 Å². The monoisotopic (exact) mass is 420 g/mol. The second-order valence-electron chi connectivity index (χ2n) is 6.04. The van der Waals surface area contributed by atoms with E-state index in [2.05, 4.69) is 15.2 Å². The van der Waals surface area contributed by atoms with E-state index in [0.29, 0.717) is 38.5 Å². The van der Waals surface area contributed by atoms with Gasteiger partial charge in [-0.1, -0.05) is 34.4 Å². The average molecular weight is 421 g/mol. The number of nitrogens with one attached hydrogen (secondary N) is 1. The zero-order valence-electron chi connectivity index (χ0n) is 15.5. The number of benzene rings is 2. The highest BCUT2D eigenvalue weighted by Gasteiger charge is 2.20. The minimum absolute atomic E-state index is 0.218. The Kier molecular flexibility index (Phi) is 6.11. The summed E-state index contributed by atoms with van der Waals surface area (Å²) in [5.74, 6) is 1.25. The molecule has 0 saturated heterocycles. The molecule has 0 atom stereocenters. The van der Waals surface area contributed by atoms with E-state index in [-0.39, 0.29) is 6.61 Å². The molecular formula is C20H18Cl2N2O4. The van der Waals surface area contributed by atoms with Crippen LogP contribution in [-0.4, -0.2) is 18.4 Å². The third-order valence-electron chi connectivity index (χ3n) is 4.19. The van der Waals surface area contributed by atoms with E-state index in [1.165, 1.54) is 7.11 Å². The number of anilines is 1. The second-order valence-corrected chi connectivity index (χ2v) is 6.86. The minimum Gasteiger partial charge on any atom is -0.489 e. The highest BCUT2D eigenvalue weighted by molar-refractivity contribution is 6.39. The molecule has 0 unspecified atom stereocenters. The number of hydrogen-bond acceptors (Lipinski definition) is 5. The lowest BCUT2D eigenvalue weighted by Crippen LogP contribution is -2.11. The number of carbonyl (C=O) groups excluding carboxylic acids is 1. The Morgan fingerprint density at radius 2 is 1.89 bits per heavy atom. The van der Waals surface area contributed by atoms with E-state index >= 15 is 0 Å². The number of carbonyl (C=O) groups is 1. The second kappa shape index (κ2) is 8.54. The summed E-state index contributed by atoms with van der Waals surface area (Å²) in [6, 6.07) is 10.6. The van der Waals surface area contributed by atoms with Gasteiger partial charge in [0.1, 0.15) is 23.8 Å². The number of rotatable bonds is 5. The molecule has 28 heavy (non-hydrogen) atoms. The van der Waals surface area contributed by atoms with Gasteiger partial charge < -0.3 is 14.0 Å². The van der Waals surface area contributed by atoms with Crippen LogP contribution in [0.15, 0.2) is 40.9 Å². The van der Waals surface area contributed by atoms with Crippen LogP contribution in [0.2, 0.25) is 10.0 Å². The van der Waals surface area contributed by atoms with Crippen LogP contribution >= 0.6 is 23.2 Å². The Labute approximate surface area is 172 Å². The maximum absolute atomic E-state index is 11.4. The summed E-state index contributed by atoms with van der Waals surface area (Å²) in [6.07, 6.45) is -0.530. The Bertz CT molecular complexity index is 997. The molecule has 0 radical (unpaired) electrons. The number of methoxy groups -OCH3 is 1. The van der Waals surface area contributed by atoms with Crippen molar-refractivity contribution >= 4 is 35.0 Å². The third kappa shape index (κ3) is 4.24. The lowest BCUT2D eigenvalue weighted by Gasteiger charge is -2.11. The number of amides is 1. The summed E-state index contributed by atoms with van der Waals surface area (Å²) in [6.45, 7) is 3.88. The van der Waals surface area contributed by atoms with Gasteiger partial charge in [-0.25, -0.2) is 4.79 Å². The van der Waals surface area contributed by atoms with Gasteiger partial charge in [0, 0.05) is 11.3 Å². The fraction of sp³-hybridized carbons (Fsp3) is 0.200. The zero-order chi connectivity index (χ0) is 20.3. The van der Waals surface area contributed by atoms with E-state index in [9.17, 15) is 4.79 Å². The fourth-order valence-corrected chi connectivity index (χ4v) is 3.24. The van der Waals surface area contributed by atoms with Crippen molar-refractivity contribution in [2.75, 3.05) is 12.4 Å². The summed E-state index contributed by atoms with van der Waals surface area (Å²) in [7, 11) is 1.31. The zero-order valence-corrected chi connectivity index (χ0v) is 17.0. The number of aryl methyl sites for hydroxylation is 2. The molecule has 1 heterocycles. The van der Waals surface area contributed by atoms with Crippen LogP contribution < -0.4 is 10.1 Å². The van der Waals surface area contributed by atoms with E-state index < -0.39 is 6.09 Å². The third-order valence-corrected chi connectivity index (χ3v) is 4.82. The number of halogens is 2. The largest absolute Gasteiger partial charge is 0.489 e. The molecule has 8 heteroatoms. The molecule has 1 N–H and O–H groups in total. The van der Waals surface area contributed by atoms with Gasteiger partial charge in [0.2, 0.25) is 0 Å². The van der Waals surface area contributed by atoms with Crippen LogP contribution in [0.4, 0.5) is 10.5 Å². The molecule has 0 fully saturated rings. The van der Waals surface area contributed by atoms with Gasteiger partial charge in [0.15, 0.2) is 0 Å². The highest BCUT2D eigenvalue weighted by Crippen LogP contribution is 2.37. The maximum atomic E-state index is 11.4. The first-order chi connectivity index (χ1) is 13.4. The number of aromatic nitrogens is 1. The van der Waals surface area contributed by atoms with Crippen molar-refractivity contribution in [2.45, 2.75) is 20.5 Å². The standard InChI is InChI=1S/C20H18Cl2N2O4/c1-11-9-13(7-8-17(11)23-20(25)26-3)27-10-14-12(2)28-24-19(14)18-15(21)5-4-6-16(18)22/h4-9H,10H2,1-3H3,(H,23,25). The SMILES string of the molecule is COC(=O)Nc1ccc(OCc2c(-c3c(Cl)cccc3Cl)noc2C)cc1C. The van der Waals surface area contributed by atoms with Crippen LogP contribution in [0.1, 0.15) is 16.9 Å². The van der Waals surface area contributed by atoms with Crippen molar-refractivity contribution in [3.05, 3.63) is 63.3 Å². The van der Waals surface area contributed by atoms with Crippen molar-refractivity contribution < 1.29 is 18.8 Å². The predicted molar refractivity (Wildman–Crippen MR) is 108 cm³/mol. The molecule has 1 amide bonds. The van der Waals surface area contributed by atoms with Gasteiger partial charge in [0.05, 0.1) is 22.7 Å². The van der Waals surface area contributed by atoms with Crippen molar-refractivity contribution in [3.8, 4) is 17.0 Å². The first kappa shape index (κ1) is 20.0. The lowest BCUT2D eigenvalue weighted by atomic mass is 10.1. The summed E-state index contributed by atoms with van der Waals surface area (Å²) >= 11 is 12.6. The van der Waals surface area contributed by atoms with Crippen molar-refractivity contribution in [1.29, 1.82) is 0 Å². The predicted octanol–water partition coefficient (Wildman–Crippen LogP) is 6.02. The van der Waals surface area contributed by atoms with E-state index in [0.717, 1.165) is 11.1 Å². The molecule has 0 aliphatic heterocycles. The first-order valence-corrected chi connectivity index (χ1v) is 9.14. The molecule has 0 aliphatic carbocycles. The highest BCUT2D eigenvalue weighted by atomic mass is 35.5. The van der Waals surface area contributed by atoms with Crippen molar-refractivity contribution in [3.63, 3.8) is 0 Å². The van der Waals surface area contributed by atoms with Gasteiger partial charge in [-0.3, -0.25) is 5.32 Å². The smallest absolute Gasteiger partial charge is 0.411 e. The van der Waals surface area contributed by atoms with Gasteiger partial charge in [-0.2, -0.15) is 0 Å². The molecular weight excluding hydrogens is 403 g/mol. The van der Waals surface area contributed by atoms with Crippen LogP contribution in [0.3, 0.4) is 0 Å².